The molecule has 1 fully saturated rings. The maximum Gasteiger partial charge on any atom is 0.251 e. The Morgan fingerprint density at radius 1 is 1.30 bits per heavy atom. The fourth-order valence-corrected chi connectivity index (χ4v) is 3.84. The highest BCUT2D eigenvalue weighted by Gasteiger charge is 2.28. The Morgan fingerprint density at radius 3 is 2.70 bits per heavy atom. The minimum atomic E-state index is -0.342. The van der Waals surface area contributed by atoms with Crippen LogP contribution >= 0.6 is 11.6 Å². The molecule has 0 saturated carbocycles. The van der Waals surface area contributed by atoms with E-state index in [1.807, 2.05) is 13.0 Å². The van der Waals surface area contributed by atoms with E-state index in [2.05, 4.69) is 10.2 Å². The van der Waals surface area contributed by atoms with E-state index < -0.39 is 0 Å². The molecule has 1 saturated heterocycles. The van der Waals surface area contributed by atoms with Crippen LogP contribution in [0.1, 0.15) is 40.4 Å². The summed E-state index contributed by atoms with van der Waals surface area (Å²) in [5.41, 5.74) is 1.92. The molecule has 6 heteroatoms. The number of amides is 1. The maximum atomic E-state index is 14.5. The van der Waals surface area contributed by atoms with Gasteiger partial charge in [-0.3, -0.25) is 9.69 Å². The number of rotatable bonds is 6. The number of carbonyl (C=O) groups excluding carboxylic acids is 1. The first-order valence-electron chi connectivity index (χ1n) is 9.12. The fraction of sp³-hybridized carbons (Fsp3) is 0.381. The lowest BCUT2D eigenvalue weighted by molar-refractivity contribution is 0.0937. The van der Waals surface area contributed by atoms with Gasteiger partial charge in [0, 0.05) is 22.7 Å². The van der Waals surface area contributed by atoms with Gasteiger partial charge < -0.3 is 10.1 Å². The van der Waals surface area contributed by atoms with Crippen LogP contribution in [0.25, 0.3) is 0 Å². The summed E-state index contributed by atoms with van der Waals surface area (Å²) in [4.78, 5) is 14.8. The normalized spacial score (nSPS) is 15.6. The van der Waals surface area contributed by atoms with Gasteiger partial charge in [-0.2, -0.15) is 0 Å². The molecule has 1 aliphatic rings. The van der Waals surface area contributed by atoms with E-state index in [4.69, 9.17) is 16.3 Å². The molecule has 4 nitrogen and oxygen atoms in total. The lowest BCUT2D eigenvalue weighted by Crippen LogP contribution is -2.37. The van der Waals surface area contributed by atoms with Crippen molar-refractivity contribution in [3.63, 3.8) is 0 Å². The van der Waals surface area contributed by atoms with Crippen LogP contribution in [0.2, 0.25) is 5.02 Å². The number of carbonyl (C=O) groups is 1. The van der Waals surface area contributed by atoms with Gasteiger partial charge in [-0.25, -0.2) is 4.39 Å². The molecule has 0 radical (unpaired) electrons. The number of benzene rings is 2. The fourth-order valence-electron chi connectivity index (χ4n) is 3.55. The standard InChI is InChI=1S/C21H24ClFN2O2/c1-14-8-9-15(12-19(14)27-2)21(26)24-13-18(25-10-3-4-11-25)20-16(22)6-5-7-17(20)23/h5-9,12,18H,3-4,10-11,13H2,1-2H3,(H,24,26). The van der Waals surface area contributed by atoms with Crippen molar-refractivity contribution in [1.29, 1.82) is 0 Å². The Hall–Kier alpha value is -2.11. The number of aryl methyl sites for hydroxylation is 1. The number of hydrogen-bond donors (Lipinski definition) is 1. The van der Waals surface area contributed by atoms with E-state index in [1.165, 1.54) is 6.07 Å². The second-order valence-corrected chi connectivity index (χ2v) is 7.20. The summed E-state index contributed by atoms with van der Waals surface area (Å²) in [5, 5.41) is 3.33. The summed E-state index contributed by atoms with van der Waals surface area (Å²) in [6.45, 7) is 3.94. The van der Waals surface area contributed by atoms with Crippen molar-refractivity contribution in [3.05, 3.63) is 63.9 Å². The molecule has 1 unspecified atom stereocenters. The average Bonchev–Trinajstić information content (AvgIpc) is 3.18. The van der Waals surface area contributed by atoms with Crippen molar-refractivity contribution in [2.75, 3.05) is 26.7 Å². The van der Waals surface area contributed by atoms with Crippen molar-refractivity contribution in [1.82, 2.24) is 10.2 Å². The summed E-state index contributed by atoms with van der Waals surface area (Å²) in [6.07, 6.45) is 2.12. The number of halogens is 2. The van der Waals surface area contributed by atoms with Crippen molar-refractivity contribution < 1.29 is 13.9 Å². The minimum Gasteiger partial charge on any atom is -0.496 e. The molecule has 2 aromatic rings. The van der Waals surface area contributed by atoms with Gasteiger partial charge in [0.25, 0.3) is 5.91 Å². The van der Waals surface area contributed by atoms with Crippen LogP contribution in [-0.4, -0.2) is 37.6 Å². The van der Waals surface area contributed by atoms with Gasteiger partial charge in [-0.1, -0.05) is 23.7 Å². The highest BCUT2D eigenvalue weighted by molar-refractivity contribution is 6.31. The summed E-state index contributed by atoms with van der Waals surface area (Å²) in [7, 11) is 1.58. The van der Waals surface area contributed by atoms with Crippen molar-refractivity contribution in [2.45, 2.75) is 25.8 Å². The molecule has 0 aromatic heterocycles. The molecule has 2 aromatic carbocycles. The molecular formula is C21H24ClFN2O2. The zero-order valence-corrected chi connectivity index (χ0v) is 16.4. The van der Waals surface area contributed by atoms with Gasteiger partial charge >= 0.3 is 0 Å². The largest absolute Gasteiger partial charge is 0.496 e. The van der Waals surface area contributed by atoms with Gasteiger partial charge in [0.2, 0.25) is 0 Å². The van der Waals surface area contributed by atoms with E-state index in [0.717, 1.165) is 31.5 Å². The molecule has 1 N–H and O–H groups in total. The lowest BCUT2D eigenvalue weighted by Gasteiger charge is -2.29. The Morgan fingerprint density at radius 2 is 2.04 bits per heavy atom. The van der Waals surface area contributed by atoms with Gasteiger partial charge in [0.15, 0.2) is 0 Å². The van der Waals surface area contributed by atoms with Crippen LogP contribution in [0.4, 0.5) is 4.39 Å². The predicted octanol–water partition coefficient (Wildman–Crippen LogP) is 4.36. The summed E-state index contributed by atoms with van der Waals surface area (Å²) in [5.74, 6) is 0.103. The van der Waals surface area contributed by atoms with Crippen LogP contribution < -0.4 is 10.1 Å². The number of nitrogens with one attached hydrogen (secondary N) is 1. The molecular weight excluding hydrogens is 367 g/mol. The molecule has 0 spiro atoms. The van der Waals surface area contributed by atoms with Crippen LogP contribution in [-0.2, 0) is 0 Å². The van der Waals surface area contributed by atoms with Gasteiger partial charge in [0.1, 0.15) is 11.6 Å². The van der Waals surface area contributed by atoms with Crippen molar-refractivity contribution >= 4 is 17.5 Å². The van der Waals surface area contributed by atoms with E-state index in [9.17, 15) is 9.18 Å². The third-order valence-electron chi connectivity index (χ3n) is 5.04. The number of likely N-dealkylation sites (tertiary alicyclic amines) is 1. The molecule has 1 atom stereocenters. The summed E-state index contributed by atoms with van der Waals surface area (Å²) < 4.78 is 19.8. The molecule has 0 bridgehead atoms. The monoisotopic (exact) mass is 390 g/mol. The summed E-state index contributed by atoms with van der Waals surface area (Å²) in [6, 6.07) is 9.73. The van der Waals surface area contributed by atoms with Crippen LogP contribution in [0.5, 0.6) is 5.75 Å². The molecule has 0 aliphatic carbocycles. The highest BCUT2D eigenvalue weighted by Crippen LogP contribution is 2.32. The smallest absolute Gasteiger partial charge is 0.251 e. The maximum absolute atomic E-state index is 14.5. The quantitative estimate of drug-likeness (QED) is 0.796. The number of hydrogen-bond acceptors (Lipinski definition) is 3. The average molecular weight is 391 g/mol. The Kier molecular flexibility index (Phi) is 6.34. The SMILES string of the molecule is COc1cc(C(=O)NCC(c2c(F)cccc2Cl)N2CCCC2)ccc1C. The predicted molar refractivity (Wildman–Crippen MR) is 105 cm³/mol. The second kappa shape index (κ2) is 8.72. The van der Waals surface area contributed by atoms with Crippen LogP contribution in [0.15, 0.2) is 36.4 Å². The number of methoxy groups -OCH3 is 1. The van der Waals surface area contributed by atoms with Crippen LogP contribution in [0, 0.1) is 12.7 Å². The third kappa shape index (κ3) is 4.42. The van der Waals surface area contributed by atoms with E-state index in [-0.39, 0.29) is 24.3 Å². The Balaban J connectivity index is 1.80. The van der Waals surface area contributed by atoms with Gasteiger partial charge in [-0.15, -0.1) is 0 Å². The molecule has 1 amide bonds. The molecule has 144 valence electrons. The lowest BCUT2D eigenvalue weighted by atomic mass is 10.0. The number of nitrogens with zero attached hydrogens (tertiary/aromatic N) is 1. The first-order chi connectivity index (χ1) is 13.0. The topological polar surface area (TPSA) is 41.6 Å². The first kappa shape index (κ1) is 19.6. The van der Waals surface area contributed by atoms with Crippen molar-refractivity contribution in [3.8, 4) is 5.75 Å². The number of ether oxygens (including phenoxy) is 1. The minimum absolute atomic E-state index is 0.218. The summed E-state index contributed by atoms with van der Waals surface area (Å²) >= 11 is 6.30. The molecule has 1 heterocycles. The third-order valence-corrected chi connectivity index (χ3v) is 5.37. The molecule has 1 aliphatic heterocycles. The second-order valence-electron chi connectivity index (χ2n) is 6.79. The van der Waals surface area contributed by atoms with E-state index in [0.29, 0.717) is 21.9 Å². The van der Waals surface area contributed by atoms with E-state index >= 15 is 0 Å². The highest BCUT2D eigenvalue weighted by atomic mass is 35.5. The van der Waals surface area contributed by atoms with Crippen molar-refractivity contribution in [2.24, 2.45) is 0 Å². The molecule has 27 heavy (non-hydrogen) atoms. The first-order valence-corrected chi connectivity index (χ1v) is 9.50. The zero-order valence-electron chi connectivity index (χ0n) is 15.6. The van der Waals surface area contributed by atoms with Gasteiger partial charge in [-0.05, 0) is 62.7 Å². The molecule has 3 rings (SSSR count). The Labute approximate surface area is 164 Å². The van der Waals surface area contributed by atoms with Gasteiger partial charge in [0.05, 0.1) is 13.2 Å². The zero-order chi connectivity index (χ0) is 19.4. The van der Waals surface area contributed by atoms with E-state index in [1.54, 1.807) is 31.4 Å². The van der Waals surface area contributed by atoms with Crippen LogP contribution in [0.3, 0.4) is 0 Å². The Bertz CT molecular complexity index is 802.